The van der Waals surface area contributed by atoms with E-state index in [9.17, 15) is 0 Å². The molecule has 1 fully saturated rings. The summed E-state index contributed by atoms with van der Waals surface area (Å²) in [6.45, 7) is 8.41. The molecule has 200 valence electrons. The van der Waals surface area contributed by atoms with E-state index in [1.807, 2.05) is 11.3 Å². The van der Waals surface area contributed by atoms with Gasteiger partial charge in [0.1, 0.15) is 0 Å². The van der Waals surface area contributed by atoms with Crippen LogP contribution in [0.25, 0.3) is 58.8 Å². The number of hydrogen-bond acceptors (Lipinski definition) is 3. The highest BCUT2D eigenvalue weighted by atomic mass is 32.1. The van der Waals surface area contributed by atoms with Crippen LogP contribution in [0.1, 0.15) is 27.7 Å². The maximum Gasteiger partial charge on any atom is 0.494 e. The molecule has 1 aliphatic heterocycles. The molecule has 5 aromatic carbocycles. The van der Waals surface area contributed by atoms with Crippen LogP contribution in [0.15, 0.2) is 109 Å². The largest absolute Gasteiger partial charge is 0.494 e. The molecule has 0 saturated carbocycles. The summed E-state index contributed by atoms with van der Waals surface area (Å²) < 4.78 is 17.7. The second-order valence-corrected chi connectivity index (χ2v) is 13.2. The van der Waals surface area contributed by atoms with Gasteiger partial charge >= 0.3 is 7.12 Å². The molecule has 7 aromatic rings. The van der Waals surface area contributed by atoms with Gasteiger partial charge in [-0.05, 0) is 98.2 Å². The first-order valence-electron chi connectivity index (χ1n) is 14.2. The van der Waals surface area contributed by atoms with Gasteiger partial charge in [0.25, 0.3) is 0 Å². The molecule has 0 aliphatic carbocycles. The Bertz CT molecular complexity index is 2110. The Morgan fingerprint density at radius 1 is 0.561 bits per heavy atom. The van der Waals surface area contributed by atoms with Gasteiger partial charge in [-0.15, -0.1) is 11.3 Å². The molecule has 1 saturated heterocycles. The van der Waals surface area contributed by atoms with Gasteiger partial charge in [-0.3, -0.25) is 0 Å². The molecule has 0 atom stereocenters. The van der Waals surface area contributed by atoms with E-state index in [-0.39, 0.29) is 18.3 Å². The summed E-state index contributed by atoms with van der Waals surface area (Å²) in [5.41, 5.74) is 6.40. The number of nitrogens with zero attached hydrogens (tertiary/aromatic N) is 1. The second kappa shape index (κ2) is 8.80. The fraction of sp³-hybridized carbons (Fsp3) is 0.167. The van der Waals surface area contributed by atoms with Crippen LogP contribution in [0, 0.1) is 0 Å². The molecule has 0 amide bonds. The molecule has 8 rings (SSSR count). The van der Waals surface area contributed by atoms with Crippen molar-refractivity contribution < 1.29 is 9.31 Å². The Hall–Kier alpha value is -3.90. The Morgan fingerprint density at radius 2 is 1.15 bits per heavy atom. The molecule has 3 heterocycles. The van der Waals surface area contributed by atoms with Crippen molar-refractivity contribution in [3.63, 3.8) is 0 Å². The zero-order valence-corrected chi connectivity index (χ0v) is 24.5. The lowest BCUT2D eigenvalue weighted by atomic mass is 9.78. The van der Waals surface area contributed by atoms with Crippen molar-refractivity contribution in [3.05, 3.63) is 109 Å². The highest BCUT2D eigenvalue weighted by Crippen LogP contribution is 2.40. The lowest BCUT2D eigenvalue weighted by molar-refractivity contribution is 0.00578. The maximum absolute atomic E-state index is 6.37. The van der Waals surface area contributed by atoms with Crippen molar-refractivity contribution >= 4 is 65.9 Å². The van der Waals surface area contributed by atoms with Gasteiger partial charge in [0.05, 0.1) is 22.2 Å². The fourth-order valence-corrected chi connectivity index (χ4v) is 7.17. The van der Waals surface area contributed by atoms with E-state index in [4.69, 9.17) is 9.31 Å². The number of benzene rings is 5. The normalized spacial score (nSPS) is 16.4. The third-order valence-corrected chi connectivity index (χ3v) is 10.2. The van der Waals surface area contributed by atoms with Gasteiger partial charge in [0, 0.05) is 31.2 Å². The predicted octanol–water partition coefficient (Wildman–Crippen LogP) is 9.12. The van der Waals surface area contributed by atoms with Crippen molar-refractivity contribution in [2.24, 2.45) is 0 Å². The Morgan fingerprint density at radius 3 is 1.90 bits per heavy atom. The number of hydrogen-bond donors (Lipinski definition) is 0. The first-order chi connectivity index (χ1) is 19.8. The van der Waals surface area contributed by atoms with E-state index in [2.05, 4.69) is 141 Å². The molecule has 1 aliphatic rings. The first kappa shape index (κ1) is 24.9. The van der Waals surface area contributed by atoms with Gasteiger partial charge in [0.2, 0.25) is 0 Å². The van der Waals surface area contributed by atoms with E-state index in [1.165, 1.54) is 58.8 Å². The minimum absolute atomic E-state index is 0.362. The molecule has 0 N–H and O–H groups in total. The van der Waals surface area contributed by atoms with Gasteiger partial charge in [-0.25, -0.2) is 0 Å². The molecule has 2 aromatic heterocycles. The number of fused-ring (bicyclic) bond motifs is 6. The molecule has 0 bridgehead atoms. The standard InChI is InChI=1S/C36H30BNO2S/c1-35(2)36(3,4)40-37(39-35)25-16-19-34-30(22-25)29-21-24(15-18-33(29)41-34)23-14-17-32-28(20-23)27-12-8-9-13-31(27)38(32)26-10-6-5-7-11-26/h5-22H,1-4H3. The van der Waals surface area contributed by atoms with Crippen LogP contribution in [0.4, 0.5) is 0 Å². The Kier molecular flexibility index (Phi) is 5.34. The average molecular weight is 552 g/mol. The van der Waals surface area contributed by atoms with Gasteiger partial charge in [0.15, 0.2) is 0 Å². The monoisotopic (exact) mass is 551 g/mol. The highest BCUT2D eigenvalue weighted by Gasteiger charge is 2.51. The van der Waals surface area contributed by atoms with Gasteiger partial charge in [-0.2, -0.15) is 0 Å². The molecule has 0 radical (unpaired) electrons. The number of rotatable bonds is 3. The van der Waals surface area contributed by atoms with Crippen molar-refractivity contribution in [1.82, 2.24) is 4.57 Å². The fourth-order valence-electron chi connectivity index (χ4n) is 6.11. The molecule has 3 nitrogen and oxygen atoms in total. The van der Waals surface area contributed by atoms with E-state index >= 15 is 0 Å². The van der Waals surface area contributed by atoms with Gasteiger partial charge < -0.3 is 13.9 Å². The Balaban J connectivity index is 1.26. The summed E-state index contributed by atoms with van der Waals surface area (Å²) >= 11 is 1.84. The minimum Gasteiger partial charge on any atom is -0.399 e. The van der Waals surface area contributed by atoms with Crippen LogP contribution in [-0.4, -0.2) is 22.9 Å². The van der Waals surface area contributed by atoms with E-state index in [0.29, 0.717) is 0 Å². The third kappa shape index (κ3) is 3.80. The summed E-state index contributed by atoms with van der Waals surface area (Å²) in [5.74, 6) is 0. The highest BCUT2D eigenvalue weighted by molar-refractivity contribution is 7.25. The van der Waals surface area contributed by atoms with Crippen molar-refractivity contribution in [2.45, 2.75) is 38.9 Å². The molecule has 41 heavy (non-hydrogen) atoms. The first-order valence-corrected chi connectivity index (χ1v) is 15.0. The van der Waals surface area contributed by atoms with Crippen LogP contribution >= 0.6 is 11.3 Å². The zero-order chi connectivity index (χ0) is 27.9. The van der Waals surface area contributed by atoms with E-state index in [1.54, 1.807) is 0 Å². The summed E-state index contributed by atoms with van der Waals surface area (Å²) in [5, 5.41) is 5.05. The number of aromatic nitrogens is 1. The lowest BCUT2D eigenvalue weighted by Crippen LogP contribution is -2.41. The lowest BCUT2D eigenvalue weighted by Gasteiger charge is -2.32. The molecule has 5 heteroatoms. The predicted molar refractivity (Wildman–Crippen MR) is 175 cm³/mol. The van der Waals surface area contributed by atoms with Gasteiger partial charge in [-0.1, -0.05) is 60.7 Å². The number of para-hydroxylation sites is 2. The summed E-state index contributed by atoms with van der Waals surface area (Å²) in [7, 11) is -0.369. The summed E-state index contributed by atoms with van der Waals surface area (Å²) in [4.78, 5) is 0. The average Bonchev–Trinajstić information content (AvgIpc) is 3.58. The summed E-state index contributed by atoms with van der Waals surface area (Å²) in [6.07, 6.45) is 0. The summed E-state index contributed by atoms with van der Waals surface area (Å²) in [6, 6.07) is 39.7. The Labute approximate surface area is 244 Å². The van der Waals surface area contributed by atoms with Crippen LogP contribution in [0.2, 0.25) is 0 Å². The molecule has 0 spiro atoms. The van der Waals surface area contributed by atoms with Crippen molar-refractivity contribution in [2.75, 3.05) is 0 Å². The third-order valence-electron chi connectivity index (χ3n) is 9.04. The second-order valence-electron chi connectivity index (χ2n) is 12.1. The maximum atomic E-state index is 6.37. The topological polar surface area (TPSA) is 23.4 Å². The quantitative estimate of drug-likeness (QED) is 0.205. The van der Waals surface area contributed by atoms with Crippen LogP contribution in [-0.2, 0) is 9.31 Å². The van der Waals surface area contributed by atoms with E-state index in [0.717, 1.165) is 5.46 Å². The zero-order valence-electron chi connectivity index (χ0n) is 23.6. The van der Waals surface area contributed by atoms with E-state index < -0.39 is 0 Å². The van der Waals surface area contributed by atoms with Crippen LogP contribution in [0.3, 0.4) is 0 Å². The van der Waals surface area contributed by atoms with Crippen molar-refractivity contribution in [3.8, 4) is 16.8 Å². The molecular formula is C36H30BNO2S. The SMILES string of the molecule is CC1(C)OB(c2ccc3sc4ccc(-c5ccc6c(c5)c5ccccc5n6-c5ccccc5)cc4c3c2)OC1(C)C. The van der Waals surface area contributed by atoms with Crippen LogP contribution in [0.5, 0.6) is 0 Å². The van der Waals surface area contributed by atoms with Crippen LogP contribution < -0.4 is 5.46 Å². The number of thiophene rings is 1. The molecule has 0 unspecified atom stereocenters. The minimum atomic E-state index is -0.369. The smallest absolute Gasteiger partial charge is 0.399 e. The van der Waals surface area contributed by atoms with Crippen molar-refractivity contribution in [1.29, 1.82) is 0 Å². The molecular weight excluding hydrogens is 521 g/mol.